The fourth-order valence-electron chi connectivity index (χ4n) is 2.52. The minimum atomic E-state index is -0.506. The molecule has 1 atom stereocenters. The highest BCUT2D eigenvalue weighted by molar-refractivity contribution is 8.32. The number of carbonyl (C=O) groups excluding carboxylic acids is 1. The maximum absolute atomic E-state index is 12.7. The first-order valence-electron chi connectivity index (χ1n) is 7.92. The van der Waals surface area contributed by atoms with Crippen LogP contribution in [0.1, 0.15) is 61.3 Å². The van der Waals surface area contributed by atoms with Gasteiger partial charge in [-0.05, 0) is 55.1 Å². The first kappa shape index (κ1) is 20.8. The first-order chi connectivity index (χ1) is 9.08. The molecule has 0 rings (SSSR count). The molecule has 0 amide bonds. The number of hydrogen-bond donors (Lipinski definition) is 0. The van der Waals surface area contributed by atoms with E-state index in [1.165, 1.54) is 0 Å². The van der Waals surface area contributed by atoms with E-state index >= 15 is 0 Å². The molecule has 0 fully saturated rings. The molecule has 21 heavy (non-hydrogen) atoms. The number of esters is 1. The molecular formula is C18H38O2S. The highest BCUT2D eigenvalue weighted by Gasteiger charge is 2.47. The lowest BCUT2D eigenvalue weighted by Gasteiger charge is -2.43. The minimum Gasteiger partial charge on any atom is -0.465 e. The molecule has 0 aliphatic heterocycles. The van der Waals surface area contributed by atoms with Crippen LogP contribution in [0.5, 0.6) is 0 Å². The molecule has 0 aromatic rings. The Labute approximate surface area is 134 Å². The van der Waals surface area contributed by atoms with Crippen molar-refractivity contribution in [3.05, 3.63) is 0 Å². The molecular weight excluding hydrogens is 280 g/mol. The summed E-state index contributed by atoms with van der Waals surface area (Å²) in [5.41, 5.74) is -0.441. The van der Waals surface area contributed by atoms with Gasteiger partial charge in [-0.2, -0.15) is 0 Å². The lowest BCUT2D eigenvalue weighted by Crippen LogP contribution is -2.44. The normalized spacial score (nSPS) is 17.2. The van der Waals surface area contributed by atoms with E-state index in [0.717, 1.165) is 18.6 Å². The van der Waals surface area contributed by atoms with Gasteiger partial charge in [0, 0.05) is 0 Å². The predicted octanol–water partition coefficient (Wildman–Crippen LogP) is 5.10. The van der Waals surface area contributed by atoms with Gasteiger partial charge in [-0.1, -0.05) is 41.5 Å². The second-order valence-corrected chi connectivity index (χ2v) is 14.2. The van der Waals surface area contributed by atoms with Gasteiger partial charge >= 0.3 is 5.97 Å². The van der Waals surface area contributed by atoms with E-state index in [4.69, 9.17) is 4.74 Å². The van der Waals surface area contributed by atoms with Crippen molar-refractivity contribution in [2.75, 3.05) is 31.1 Å². The van der Waals surface area contributed by atoms with Gasteiger partial charge < -0.3 is 4.74 Å². The van der Waals surface area contributed by atoms with E-state index in [-0.39, 0.29) is 16.8 Å². The van der Waals surface area contributed by atoms with E-state index in [9.17, 15) is 4.79 Å². The van der Waals surface area contributed by atoms with Crippen molar-refractivity contribution in [3.8, 4) is 0 Å². The number of hydrogen-bond acceptors (Lipinski definition) is 2. The molecule has 0 aromatic heterocycles. The topological polar surface area (TPSA) is 26.3 Å². The van der Waals surface area contributed by atoms with Gasteiger partial charge in [-0.15, -0.1) is 0 Å². The Morgan fingerprint density at radius 1 is 0.952 bits per heavy atom. The molecule has 0 aromatic carbocycles. The molecule has 0 aliphatic rings. The summed E-state index contributed by atoms with van der Waals surface area (Å²) in [6, 6.07) is 0. The Bertz CT molecular complexity index is 342. The third-order valence-electron chi connectivity index (χ3n) is 4.12. The van der Waals surface area contributed by atoms with Gasteiger partial charge in [0.05, 0.1) is 12.0 Å². The lowest BCUT2D eigenvalue weighted by atomic mass is 9.61. The predicted molar refractivity (Wildman–Crippen MR) is 97.4 cm³/mol. The molecule has 0 spiro atoms. The highest BCUT2D eigenvalue weighted by atomic mass is 32.3. The summed E-state index contributed by atoms with van der Waals surface area (Å²) in [6.45, 7) is 15.6. The zero-order chi connectivity index (χ0) is 17.1. The van der Waals surface area contributed by atoms with Crippen LogP contribution < -0.4 is 0 Å². The largest absolute Gasteiger partial charge is 0.465 e. The van der Waals surface area contributed by atoms with Crippen molar-refractivity contribution >= 4 is 16.0 Å². The molecule has 0 saturated carbocycles. The molecule has 0 bridgehead atoms. The van der Waals surface area contributed by atoms with Crippen LogP contribution in [0.4, 0.5) is 0 Å². The van der Waals surface area contributed by atoms with E-state index < -0.39 is 15.4 Å². The SMILES string of the molecule is CC(C)(C)CC(C)(C(=O)OCCCS(C)(C)C)C(C)(C)C. The first-order valence-corrected chi connectivity index (χ1v) is 10.9. The molecule has 0 aliphatic carbocycles. The molecule has 0 saturated heterocycles. The molecule has 0 N–H and O–H groups in total. The van der Waals surface area contributed by atoms with Crippen LogP contribution in [0.15, 0.2) is 0 Å². The van der Waals surface area contributed by atoms with Gasteiger partial charge in [0.1, 0.15) is 0 Å². The Morgan fingerprint density at radius 3 is 1.76 bits per heavy atom. The van der Waals surface area contributed by atoms with Gasteiger partial charge in [0.15, 0.2) is 0 Å². The summed E-state index contributed by atoms with van der Waals surface area (Å²) in [5.74, 6) is 1.13. The summed E-state index contributed by atoms with van der Waals surface area (Å²) < 4.78 is 5.65. The maximum atomic E-state index is 12.7. The fourth-order valence-corrected chi connectivity index (χ4v) is 3.50. The Morgan fingerprint density at radius 2 is 1.43 bits per heavy atom. The van der Waals surface area contributed by atoms with E-state index in [0.29, 0.717) is 6.61 Å². The summed E-state index contributed by atoms with van der Waals surface area (Å²) in [7, 11) is -0.506. The molecule has 1 unspecified atom stereocenters. The Kier molecular flexibility index (Phi) is 6.87. The van der Waals surface area contributed by atoms with Crippen LogP contribution in [0, 0.1) is 16.2 Å². The van der Waals surface area contributed by atoms with Crippen molar-refractivity contribution in [1.29, 1.82) is 0 Å². The average Bonchev–Trinajstić information content (AvgIpc) is 2.18. The van der Waals surface area contributed by atoms with Crippen molar-refractivity contribution in [3.63, 3.8) is 0 Å². The van der Waals surface area contributed by atoms with Crippen molar-refractivity contribution in [2.24, 2.45) is 16.2 Å². The van der Waals surface area contributed by atoms with Crippen LogP contribution in [0.3, 0.4) is 0 Å². The van der Waals surface area contributed by atoms with Crippen LogP contribution >= 0.6 is 10.0 Å². The van der Waals surface area contributed by atoms with Crippen LogP contribution in [0.2, 0.25) is 0 Å². The fraction of sp³-hybridized carbons (Fsp3) is 0.944. The quantitative estimate of drug-likeness (QED) is 0.503. The third kappa shape index (κ3) is 7.58. The van der Waals surface area contributed by atoms with Gasteiger partial charge in [-0.25, -0.2) is 10.0 Å². The number of rotatable bonds is 6. The standard InChI is InChI=1S/C18H38O2S/c1-16(2,3)14-18(7,17(4,5)6)15(19)20-12-11-13-21(8,9)10/h11-14H2,1-10H3. The van der Waals surface area contributed by atoms with Gasteiger partial charge in [0.25, 0.3) is 0 Å². The molecule has 3 heteroatoms. The van der Waals surface area contributed by atoms with E-state index in [1.54, 1.807) is 0 Å². The zero-order valence-corrected chi connectivity index (χ0v) is 16.9. The average molecular weight is 319 g/mol. The smallest absolute Gasteiger partial charge is 0.312 e. The maximum Gasteiger partial charge on any atom is 0.312 e. The summed E-state index contributed by atoms with van der Waals surface area (Å²) >= 11 is 0. The van der Waals surface area contributed by atoms with Crippen molar-refractivity contribution in [2.45, 2.75) is 61.3 Å². The molecule has 2 nitrogen and oxygen atoms in total. The monoisotopic (exact) mass is 318 g/mol. The Hall–Kier alpha value is -0.180. The molecule has 0 radical (unpaired) electrons. The van der Waals surface area contributed by atoms with Crippen LogP contribution in [-0.4, -0.2) is 37.1 Å². The second-order valence-electron chi connectivity index (χ2n) is 9.60. The van der Waals surface area contributed by atoms with E-state index in [2.05, 4.69) is 67.2 Å². The summed E-state index contributed by atoms with van der Waals surface area (Å²) in [5, 5.41) is 0. The molecule has 128 valence electrons. The van der Waals surface area contributed by atoms with Crippen LogP contribution in [0.25, 0.3) is 0 Å². The second kappa shape index (κ2) is 6.93. The summed E-state index contributed by atoms with van der Waals surface area (Å²) in [4.78, 5) is 12.7. The number of carbonyl (C=O) groups is 1. The lowest BCUT2D eigenvalue weighted by molar-refractivity contribution is -0.164. The molecule has 0 heterocycles. The van der Waals surface area contributed by atoms with Crippen molar-refractivity contribution < 1.29 is 9.53 Å². The van der Waals surface area contributed by atoms with Gasteiger partial charge in [0.2, 0.25) is 0 Å². The zero-order valence-electron chi connectivity index (χ0n) is 16.1. The minimum absolute atomic E-state index is 0.0335. The van der Waals surface area contributed by atoms with E-state index in [1.807, 2.05) is 0 Å². The Balaban J connectivity index is 4.77. The summed E-state index contributed by atoms with van der Waals surface area (Å²) in [6.07, 6.45) is 8.71. The highest BCUT2D eigenvalue weighted by Crippen LogP contribution is 2.47. The van der Waals surface area contributed by atoms with Crippen LogP contribution in [-0.2, 0) is 9.53 Å². The number of ether oxygens (including phenoxy) is 1. The van der Waals surface area contributed by atoms with Gasteiger partial charge in [-0.3, -0.25) is 4.79 Å². The van der Waals surface area contributed by atoms with Crippen molar-refractivity contribution in [1.82, 2.24) is 0 Å². The third-order valence-corrected chi connectivity index (χ3v) is 5.64.